The topological polar surface area (TPSA) is 102 Å². The minimum Gasteiger partial charge on any atom is -0.358 e. The molecule has 1 aromatic carbocycles. The third kappa shape index (κ3) is 2.62. The highest BCUT2D eigenvalue weighted by Gasteiger charge is 2.25. The van der Waals surface area contributed by atoms with Crippen LogP contribution in [0, 0.1) is 20.2 Å². The molecule has 2 rings (SSSR count). The Balaban J connectivity index is 2.33. The number of H-pyrrole nitrogens is 1. The predicted octanol–water partition coefficient (Wildman–Crippen LogP) is 1.80. The van der Waals surface area contributed by atoms with E-state index < -0.39 is 28.9 Å². The second kappa shape index (κ2) is 4.82. The molecule has 0 aliphatic carbocycles. The Kier molecular flexibility index (Phi) is 3.22. The molecule has 0 aliphatic rings. The van der Waals surface area contributed by atoms with Crippen LogP contribution in [0.5, 0.6) is 0 Å². The molecule has 1 N–H and O–H groups in total. The number of nitrogens with zero attached hydrogens (tertiary/aromatic N) is 2. The highest BCUT2D eigenvalue weighted by Crippen LogP contribution is 2.21. The number of benzene rings is 1. The van der Waals surface area contributed by atoms with Gasteiger partial charge in [0.1, 0.15) is 5.92 Å². The second-order valence-electron chi connectivity index (χ2n) is 4.04. The van der Waals surface area contributed by atoms with Crippen LogP contribution >= 0.6 is 0 Å². The molecule has 7 nitrogen and oxygen atoms in total. The average molecular weight is 249 g/mol. The molecule has 0 radical (unpaired) electrons. The molecule has 0 spiro atoms. The van der Waals surface area contributed by atoms with Gasteiger partial charge in [-0.2, -0.15) is 0 Å². The first-order chi connectivity index (χ1) is 8.56. The summed E-state index contributed by atoms with van der Waals surface area (Å²) < 4.78 is 0. The molecule has 7 heteroatoms. The molecule has 0 fully saturated rings. The van der Waals surface area contributed by atoms with Crippen LogP contribution in [0.2, 0.25) is 0 Å². The predicted molar refractivity (Wildman–Crippen MR) is 64.8 cm³/mol. The number of aromatic amines is 1. The highest BCUT2D eigenvalue weighted by atomic mass is 16.6. The normalized spacial score (nSPS) is 10.9. The van der Waals surface area contributed by atoms with E-state index in [1.54, 1.807) is 6.07 Å². The van der Waals surface area contributed by atoms with Crippen LogP contribution in [0.1, 0.15) is 11.6 Å². The van der Waals surface area contributed by atoms with E-state index >= 15 is 0 Å². The van der Waals surface area contributed by atoms with Crippen LogP contribution in [-0.4, -0.2) is 27.9 Å². The van der Waals surface area contributed by atoms with E-state index in [2.05, 4.69) is 4.98 Å². The molecule has 18 heavy (non-hydrogen) atoms. The van der Waals surface area contributed by atoms with Crippen LogP contribution < -0.4 is 0 Å². The Hall–Kier alpha value is -2.44. The first kappa shape index (κ1) is 12.0. The van der Waals surface area contributed by atoms with Crippen LogP contribution in [-0.2, 0) is 0 Å². The number of para-hydroxylation sites is 1. The van der Waals surface area contributed by atoms with Crippen molar-refractivity contribution in [2.24, 2.45) is 0 Å². The van der Waals surface area contributed by atoms with Gasteiger partial charge in [-0.25, -0.2) is 0 Å². The summed E-state index contributed by atoms with van der Waals surface area (Å²) in [6, 6.07) is 9.08. The molecule has 1 heterocycles. The maximum absolute atomic E-state index is 10.5. The van der Waals surface area contributed by atoms with Crippen molar-refractivity contribution in [2.75, 3.05) is 13.1 Å². The average Bonchev–Trinajstić information content (AvgIpc) is 2.70. The summed E-state index contributed by atoms with van der Waals surface area (Å²) >= 11 is 0. The molecule has 0 amide bonds. The van der Waals surface area contributed by atoms with Crippen molar-refractivity contribution < 1.29 is 9.85 Å². The van der Waals surface area contributed by atoms with Crippen LogP contribution in [0.4, 0.5) is 0 Å². The minimum atomic E-state index is -0.734. The Morgan fingerprint density at radius 3 is 2.28 bits per heavy atom. The molecule has 0 saturated heterocycles. The summed E-state index contributed by atoms with van der Waals surface area (Å²) in [6.07, 6.45) is 0. The van der Waals surface area contributed by atoms with E-state index in [4.69, 9.17) is 0 Å². The minimum absolute atomic E-state index is 0.451. The fourth-order valence-corrected chi connectivity index (χ4v) is 1.93. The van der Waals surface area contributed by atoms with Crippen LogP contribution in [0.3, 0.4) is 0 Å². The van der Waals surface area contributed by atoms with Crippen molar-refractivity contribution in [3.8, 4) is 0 Å². The molecule has 0 bridgehead atoms. The molecule has 2 aromatic rings. The number of nitro groups is 2. The van der Waals surface area contributed by atoms with Gasteiger partial charge in [0.05, 0.1) is 0 Å². The molecule has 0 aliphatic heterocycles. The monoisotopic (exact) mass is 249 g/mol. The van der Waals surface area contributed by atoms with Crippen LogP contribution in [0.15, 0.2) is 30.3 Å². The number of rotatable bonds is 5. The van der Waals surface area contributed by atoms with Gasteiger partial charge in [-0.05, 0) is 17.5 Å². The van der Waals surface area contributed by atoms with E-state index in [0.29, 0.717) is 5.69 Å². The lowest BCUT2D eigenvalue weighted by Gasteiger charge is -2.05. The van der Waals surface area contributed by atoms with E-state index in [1.165, 1.54) is 0 Å². The fraction of sp³-hybridized carbons (Fsp3) is 0.273. The summed E-state index contributed by atoms with van der Waals surface area (Å²) in [4.78, 5) is 23.0. The van der Waals surface area contributed by atoms with Gasteiger partial charge in [-0.15, -0.1) is 0 Å². The summed E-state index contributed by atoms with van der Waals surface area (Å²) in [5.41, 5.74) is 1.36. The van der Waals surface area contributed by atoms with Gasteiger partial charge in [0.25, 0.3) is 0 Å². The van der Waals surface area contributed by atoms with Gasteiger partial charge in [0, 0.05) is 21.1 Å². The quantitative estimate of drug-likeness (QED) is 0.644. The van der Waals surface area contributed by atoms with Crippen LogP contribution in [0.25, 0.3) is 10.9 Å². The van der Waals surface area contributed by atoms with Gasteiger partial charge in [-0.3, -0.25) is 20.2 Å². The molecule has 0 saturated carbocycles. The van der Waals surface area contributed by atoms with Gasteiger partial charge < -0.3 is 4.98 Å². The Labute approximate surface area is 102 Å². The maximum Gasteiger partial charge on any atom is 0.218 e. The lowest BCUT2D eigenvalue weighted by Crippen LogP contribution is -2.21. The van der Waals surface area contributed by atoms with Gasteiger partial charge in [-0.1, -0.05) is 18.2 Å². The molecule has 0 atom stereocenters. The molecule has 0 unspecified atom stereocenters. The van der Waals surface area contributed by atoms with E-state index in [-0.39, 0.29) is 0 Å². The summed E-state index contributed by atoms with van der Waals surface area (Å²) in [7, 11) is 0. The molecule has 1 aromatic heterocycles. The fourth-order valence-electron chi connectivity index (χ4n) is 1.93. The zero-order chi connectivity index (χ0) is 13.1. The van der Waals surface area contributed by atoms with Gasteiger partial charge >= 0.3 is 0 Å². The first-order valence-corrected chi connectivity index (χ1v) is 5.37. The van der Waals surface area contributed by atoms with E-state index in [1.807, 2.05) is 24.3 Å². The largest absolute Gasteiger partial charge is 0.358 e. The number of fused-ring (bicyclic) bond motifs is 1. The first-order valence-electron chi connectivity index (χ1n) is 5.37. The van der Waals surface area contributed by atoms with Crippen molar-refractivity contribution in [1.29, 1.82) is 0 Å². The van der Waals surface area contributed by atoms with E-state index in [9.17, 15) is 20.2 Å². The summed E-state index contributed by atoms with van der Waals surface area (Å²) in [5, 5.41) is 22.0. The Morgan fingerprint density at radius 2 is 1.72 bits per heavy atom. The van der Waals surface area contributed by atoms with E-state index in [0.717, 1.165) is 10.9 Å². The van der Waals surface area contributed by atoms with Crippen molar-refractivity contribution in [3.05, 3.63) is 56.3 Å². The molecular weight excluding hydrogens is 238 g/mol. The smallest absolute Gasteiger partial charge is 0.218 e. The number of hydrogen-bond acceptors (Lipinski definition) is 4. The lowest BCUT2D eigenvalue weighted by atomic mass is 10.1. The Bertz CT molecular complexity index is 544. The maximum atomic E-state index is 10.5. The summed E-state index contributed by atoms with van der Waals surface area (Å²) in [5.74, 6) is -0.734. The van der Waals surface area contributed by atoms with Crippen molar-refractivity contribution >= 4 is 10.9 Å². The third-order valence-corrected chi connectivity index (χ3v) is 2.73. The SMILES string of the molecule is O=[N+]([O-])CC(C[N+](=O)[O-])c1cc2ccccc2[nH]1. The highest BCUT2D eigenvalue weighted by molar-refractivity contribution is 5.80. The molecule has 94 valence electrons. The summed E-state index contributed by atoms with van der Waals surface area (Å²) in [6.45, 7) is -0.901. The van der Waals surface area contributed by atoms with Crippen molar-refractivity contribution in [2.45, 2.75) is 5.92 Å². The number of nitrogens with one attached hydrogen (secondary N) is 1. The van der Waals surface area contributed by atoms with Gasteiger partial charge in [0.15, 0.2) is 0 Å². The Morgan fingerprint density at radius 1 is 1.11 bits per heavy atom. The zero-order valence-corrected chi connectivity index (χ0v) is 9.41. The zero-order valence-electron chi connectivity index (χ0n) is 9.41. The standard InChI is InChI=1S/C11H11N3O4/c15-13(16)6-9(7-14(17)18)11-5-8-3-1-2-4-10(8)12-11/h1-5,9,12H,6-7H2. The number of hydrogen-bond donors (Lipinski definition) is 1. The van der Waals surface area contributed by atoms with Crippen molar-refractivity contribution in [3.63, 3.8) is 0 Å². The third-order valence-electron chi connectivity index (χ3n) is 2.73. The lowest BCUT2D eigenvalue weighted by molar-refractivity contribution is -0.516. The number of aromatic nitrogens is 1. The second-order valence-corrected chi connectivity index (χ2v) is 4.04. The molecular formula is C11H11N3O4. The van der Waals surface area contributed by atoms with Crippen molar-refractivity contribution in [1.82, 2.24) is 4.98 Å². The van der Waals surface area contributed by atoms with Gasteiger partial charge in [0.2, 0.25) is 13.1 Å².